The van der Waals surface area contributed by atoms with Gasteiger partial charge in [-0.15, -0.1) is 6.58 Å². The van der Waals surface area contributed by atoms with E-state index in [1.54, 1.807) is 24.3 Å². The molecule has 2 N–H and O–H groups in total. The number of hydrogen-bond donors (Lipinski definition) is 2. The number of ether oxygens (including phenoxy) is 3. The van der Waals surface area contributed by atoms with Crippen molar-refractivity contribution in [3.63, 3.8) is 0 Å². The Morgan fingerprint density at radius 2 is 1.77 bits per heavy atom. The molecule has 30 heavy (non-hydrogen) atoms. The van der Waals surface area contributed by atoms with Crippen LogP contribution in [0.5, 0.6) is 11.5 Å². The lowest BCUT2D eigenvalue weighted by Crippen LogP contribution is -2.28. The highest BCUT2D eigenvalue weighted by molar-refractivity contribution is 9.10. The average molecular weight is 477 g/mol. The summed E-state index contributed by atoms with van der Waals surface area (Å²) in [4.78, 5) is 35.7. The van der Waals surface area contributed by atoms with Crippen molar-refractivity contribution in [2.24, 2.45) is 0 Å². The molecule has 9 heteroatoms. The molecule has 0 saturated heterocycles. The molecular formula is C21H21BrN2O6. The van der Waals surface area contributed by atoms with E-state index in [1.165, 1.54) is 31.4 Å². The van der Waals surface area contributed by atoms with Gasteiger partial charge in [0.15, 0.2) is 24.7 Å². The van der Waals surface area contributed by atoms with Crippen molar-refractivity contribution in [2.45, 2.75) is 0 Å². The Labute approximate surface area is 182 Å². The van der Waals surface area contributed by atoms with Crippen molar-refractivity contribution in [1.82, 2.24) is 5.32 Å². The maximum absolute atomic E-state index is 12.1. The van der Waals surface area contributed by atoms with Crippen LogP contribution in [0.25, 0.3) is 0 Å². The predicted molar refractivity (Wildman–Crippen MR) is 115 cm³/mol. The molecule has 0 fully saturated rings. The first-order valence-corrected chi connectivity index (χ1v) is 9.63. The highest BCUT2D eigenvalue weighted by Crippen LogP contribution is 2.28. The highest BCUT2D eigenvalue weighted by Gasteiger charge is 2.15. The van der Waals surface area contributed by atoms with E-state index in [-0.39, 0.29) is 36.1 Å². The molecule has 0 aromatic heterocycles. The van der Waals surface area contributed by atoms with Crippen molar-refractivity contribution in [2.75, 3.05) is 32.2 Å². The Kier molecular flexibility index (Phi) is 8.89. The lowest BCUT2D eigenvalue weighted by atomic mass is 10.2. The Morgan fingerprint density at radius 3 is 2.43 bits per heavy atom. The van der Waals surface area contributed by atoms with Crippen LogP contribution in [0.2, 0.25) is 0 Å². The fraction of sp³-hybridized carbons (Fsp3) is 0.190. The van der Waals surface area contributed by atoms with Crippen LogP contribution in [0.15, 0.2) is 59.6 Å². The third-order valence-corrected chi connectivity index (χ3v) is 4.19. The number of esters is 1. The maximum atomic E-state index is 12.1. The Bertz CT molecular complexity index is 914. The van der Waals surface area contributed by atoms with Gasteiger partial charge in [-0.1, -0.05) is 22.0 Å². The average Bonchev–Trinajstić information content (AvgIpc) is 2.76. The zero-order valence-electron chi connectivity index (χ0n) is 16.3. The molecular weight excluding hydrogens is 456 g/mol. The molecule has 2 aromatic carbocycles. The second kappa shape index (κ2) is 11.6. The first kappa shape index (κ1) is 23.0. The summed E-state index contributed by atoms with van der Waals surface area (Å²) in [6.45, 7) is 3.10. The van der Waals surface area contributed by atoms with E-state index in [4.69, 9.17) is 14.2 Å². The van der Waals surface area contributed by atoms with Gasteiger partial charge in [0.25, 0.3) is 11.8 Å². The molecule has 0 aliphatic carbocycles. The largest absolute Gasteiger partial charge is 0.493 e. The smallest absolute Gasteiger partial charge is 0.338 e. The third kappa shape index (κ3) is 7.25. The highest BCUT2D eigenvalue weighted by atomic mass is 79.9. The number of carbonyl (C=O) groups excluding carboxylic acids is 3. The van der Waals surface area contributed by atoms with Gasteiger partial charge in [-0.2, -0.15) is 0 Å². The number of hydrogen-bond acceptors (Lipinski definition) is 6. The van der Waals surface area contributed by atoms with Crippen LogP contribution in [0.3, 0.4) is 0 Å². The van der Waals surface area contributed by atoms with Gasteiger partial charge in [-0.3, -0.25) is 9.59 Å². The molecule has 0 aliphatic heterocycles. The van der Waals surface area contributed by atoms with E-state index in [9.17, 15) is 14.4 Å². The van der Waals surface area contributed by atoms with E-state index in [0.29, 0.717) is 5.69 Å². The van der Waals surface area contributed by atoms with Crippen LogP contribution >= 0.6 is 15.9 Å². The molecule has 0 aliphatic rings. The van der Waals surface area contributed by atoms with E-state index in [2.05, 4.69) is 33.1 Å². The van der Waals surface area contributed by atoms with Gasteiger partial charge in [0.2, 0.25) is 0 Å². The second-order valence-corrected chi connectivity index (χ2v) is 6.79. The summed E-state index contributed by atoms with van der Waals surface area (Å²) in [6.07, 6.45) is 1.52. The van der Waals surface area contributed by atoms with Crippen LogP contribution in [0.1, 0.15) is 10.4 Å². The molecule has 0 bridgehead atoms. The molecule has 2 aromatic rings. The second-order valence-electron chi connectivity index (χ2n) is 5.88. The molecule has 0 heterocycles. The van der Waals surface area contributed by atoms with Crippen molar-refractivity contribution < 1.29 is 28.6 Å². The summed E-state index contributed by atoms with van der Waals surface area (Å²) in [5, 5.41) is 5.20. The van der Waals surface area contributed by atoms with Crippen molar-refractivity contribution in [3.05, 3.63) is 65.2 Å². The van der Waals surface area contributed by atoms with Gasteiger partial charge in [0.1, 0.15) is 0 Å². The van der Waals surface area contributed by atoms with Crippen LogP contribution in [-0.4, -0.2) is 44.7 Å². The number of halogens is 1. The number of amides is 2. The number of anilines is 1. The summed E-state index contributed by atoms with van der Waals surface area (Å²) < 4.78 is 16.6. The first-order valence-electron chi connectivity index (χ1n) is 8.84. The van der Waals surface area contributed by atoms with Gasteiger partial charge in [0.05, 0.1) is 12.7 Å². The Morgan fingerprint density at radius 1 is 1.03 bits per heavy atom. The van der Waals surface area contributed by atoms with Crippen LogP contribution in [0.4, 0.5) is 5.69 Å². The van der Waals surface area contributed by atoms with Gasteiger partial charge >= 0.3 is 5.97 Å². The minimum atomic E-state index is -0.693. The van der Waals surface area contributed by atoms with Crippen molar-refractivity contribution in [1.29, 1.82) is 0 Å². The van der Waals surface area contributed by atoms with E-state index in [1.807, 2.05) is 0 Å². The zero-order chi connectivity index (χ0) is 21.9. The van der Waals surface area contributed by atoms with Crippen molar-refractivity contribution >= 4 is 39.4 Å². The minimum absolute atomic E-state index is 0.176. The molecule has 0 radical (unpaired) electrons. The molecule has 2 rings (SSSR count). The van der Waals surface area contributed by atoms with Crippen LogP contribution in [-0.2, 0) is 14.3 Å². The molecule has 8 nitrogen and oxygen atoms in total. The fourth-order valence-electron chi connectivity index (χ4n) is 2.24. The lowest BCUT2D eigenvalue weighted by molar-refractivity contribution is -0.124. The minimum Gasteiger partial charge on any atom is -0.493 e. The Balaban J connectivity index is 1.92. The van der Waals surface area contributed by atoms with Gasteiger partial charge < -0.3 is 24.8 Å². The molecule has 0 saturated carbocycles. The summed E-state index contributed by atoms with van der Waals surface area (Å²) in [5.41, 5.74) is 0.809. The number of carbonyl (C=O) groups is 3. The fourth-order valence-corrected chi connectivity index (χ4v) is 2.50. The number of methoxy groups -OCH3 is 1. The standard InChI is InChI=1S/C21H21BrN2O6/c1-3-10-23-19(25)12-30-21(27)14-4-9-17(18(11-14)28-2)29-13-20(26)24-16-7-5-15(22)6-8-16/h3-9,11H,1,10,12-13H2,2H3,(H,23,25)(H,24,26). The van der Waals surface area contributed by atoms with Gasteiger partial charge in [-0.05, 0) is 42.5 Å². The quantitative estimate of drug-likeness (QED) is 0.403. The molecule has 0 atom stereocenters. The normalized spacial score (nSPS) is 9.93. The van der Waals surface area contributed by atoms with Gasteiger partial charge in [0, 0.05) is 16.7 Å². The monoisotopic (exact) mass is 476 g/mol. The molecule has 2 amide bonds. The third-order valence-electron chi connectivity index (χ3n) is 3.66. The topological polar surface area (TPSA) is 103 Å². The molecule has 0 unspecified atom stereocenters. The van der Waals surface area contributed by atoms with Crippen molar-refractivity contribution in [3.8, 4) is 11.5 Å². The molecule has 158 valence electrons. The van der Waals surface area contributed by atoms with Crippen LogP contribution in [0, 0.1) is 0 Å². The van der Waals surface area contributed by atoms with E-state index >= 15 is 0 Å². The number of nitrogens with one attached hydrogen (secondary N) is 2. The number of rotatable bonds is 10. The first-order chi connectivity index (χ1) is 14.4. The number of benzene rings is 2. The summed E-state index contributed by atoms with van der Waals surface area (Å²) in [5.74, 6) is -0.956. The zero-order valence-corrected chi connectivity index (χ0v) is 17.9. The predicted octanol–water partition coefficient (Wildman–Crippen LogP) is 2.93. The SMILES string of the molecule is C=CCNC(=O)COC(=O)c1ccc(OCC(=O)Nc2ccc(Br)cc2)c(OC)c1. The molecule has 0 spiro atoms. The maximum Gasteiger partial charge on any atom is 0.338 e. The van der Waals surface area contributed by atoms with Gasteiger partial charge in [-0.25, -0.2) is 4.79 Å². The van der Waals surface area contributed by atoms with E-state index in [0.717, 1.165) is 4.47 Å². The van der Waals surface area contributed by atoms with Crippen LogP contribution < -0.4 is 20.1 Å². The Hall–Kier alpha value is -3.33. The van der Waals surface area contributed by atoms with E-state index < -0.39 is 18.5 Å². The summed E-state index contributed by atoms with van der Waals surface area (Å²) >= 11 is 3.32. The summed E-state index contributed by atoms with van der Waals surface area (Å²) in [7, 11) is 1.40. The lowest BCUT2D eigenvalue weighted by Gasteiger charge is -2.12. The summed E-state index contributed by atoms with van der Waals surface area (Å²) in [6, 6.07) is 11.5.